The molecule has 0 heterocycles. The van der Waals surface area contributed by atoms with Gasteiger partial charge in [-0.15, -0.1) is 0 Å². The number of halogens is 2. The molecule has 0 aromatic heterocycles. The molecule has 3 rings (SSSR count). The second-order valence-corrected chi connectivity index (χ2v) is 10.1. The lowest BCUT2D eigenvalue weighted by atomic mass is 10.0. The zero-order valence-electron chi connectivity index (χ0n) is 21.1. The highest BCUT2D eigenvalue weighted by Crippen LogP contribution is 2.25. The van der Waals surface area contributed by atoms with Crippen LogP contribution in [-0.2, 0) is 29.0 Å². The van der Waals surface area contributed by atoms with Crippen LogP contribution in [0.4, 0.5) is 0 Å². The van der Waals surface area contributed by atoms with Crippen molar-refractivity contribution in [3.8, 4) is 0 Å². The number of nitrogens with one attached hydrogen (secondary N) is 1. The monoisotopic (exact) mass is 524 g/mol. The normalized spacial score (nSPS) is 12.6. The van der Waals surface area contributed by atoms with Crippen molar-refractivity contribution in [1.82, 2.24) is 10.2 Å². The van der Waals surface area contributed by atoms with E-state index in [1.807, 2.05) is 81.4 Å². The molecular formula is C30H34Cl2N2O2. The molecule has 0 fully saturated rings. The smallest absolute Gasteiger partial charge is 0.243 e. The van der Waals surface area contributed by atoms with Gasteiger partial charge in [-0.3, -0.25) is 9.59 Å². The summed E-state index contributed by atoms with van der Waals surface area (Å²) < 4.78 is 0. The molecule has 0 saturated carbocycles. The summed E-state index contributed by atoms with van der Waals surface area (Å²) in [7, 11) is 0. The van der Waals surface area contributed by atoms with Crippen molar-refractivity contribution in [3.05, 3.63) is 105 Å². The lowest BCUT2D eigenvalue weighted by Crippen LogP contribution is -2.52. The Bertz CT molecular complexity index is 1150. The zero-order valence-corrected chi connectivity index (χ0v) is 22.6. The van der Waals surface area contributed by atoms with Crippen molar-refractivity contribution in [2.75, 3.05) is 0 Å². The first-order valence-corrected chi connectivity index (χ1v) is 13.2. The van der Waals surface area contributed by atoms with Crippen LogP contribution in [0.25, 0.3) is 0 Å². The number of carbonyl (C=O) groups excluding carboxylic acids is 2. The highest BCUT2D eigenvalue weighted by molar-refractivity contribution is 6.42. The van der Waals surface area contributed by atoms with Gasteiger partial charge in [0.2, 0.25) is 11.8 Å². The average Bonchev–Trinajstić information content (AvgIpc) is 2.88. The Labute approximate surface area is 224 Å². The van der Waals surface area contributed by atoms with Gasteiger partial charge in [0, 0.05) is 25.4 Å². The van der Waals surface area contributed by atoms with Gasteiger partial charge in [0.05, 0.1) is 10.0 Å². The van der Waals surface area contributed by atoms with Crippen LogP contribution in [0.3, 0.4) is 0 Å². The minimum atomic E-state index is -0.665. The summed E-state index contributed by atoms with van der Waals surface area (Å²) in [6.45, 7) is 6.30. The molecule has 3 aromatic carbocycles. The van der Waals surface area contributed by atoms with E-state index in [2.05, 4.69) is 5.32 Å². The number of hydrogen-bond acceptors (Lipinski definition) is 2. The van der Waals surface area contributed by atoms with Gasteiger partial charge in [0.25, 0.3) is 0 Å². The van der Waals surface area contributed by atoms with E-state index in [-0.39, 0.29) is 24.4 Å². The number of nitrogens with zero attached hydrogens (tertiary/aromatic N) is 1. The molecule has 0 aliphatic rings. The Balaban J connectivity index is 1.92. The number of aryl methyl sites for hydroxylation is 2. The molecule has 0 spiro atoms. The molecule has 6 heteroatoms. The van der Waals surface area contributed by atoms with Crippen LogP contribution in [0.2, 0.25) is 10.0 Å². The third-order valence-corrected chi connectivity index (χ3v) is 7.10. The van der Waals surface area contributed by atoms with Gasteiger partial charge in [-0.1, -0.05) is 96.4 Å². The maximum Gasteiger partial charge on any atom is 0.243 e. The zero-order chi connectivity index (χ0) is 26.1. The van der Waals surface area contributed by atoms with Gasteiger partial charge in [-0.05, 0) is 55.5 Å². The Hall–Kier alpha value is -2.82. The molecule has 36 heavy (non-hydrogen) atoms. The van der Waals surface area contributed by atoms with E-state index in [1.165, 1.54) is 5.56 Å². The third-order valence-electron chi connectivity index (χ3n) is 6.36. The predicted octanol–water partition coefficient (Wildman–Crippen LogP) is 6.79. The minimum absolute atomic E-state index is 0.00487. The molecule has 0 aliphatic heterocycles. The van der Waals surface area contributed by atoms with Gasteiger partial charge in [-0.25, -0.2) is 0 Å². The molecule has 3 aromatic rings. The van der Waals surface area contributed by atoms with Crippen LogP contribution >= 0.6 is 23.2 Å². The van der Waals surface area contributed by atoms with Crippen LogP contribution in [0.15, 0.2) is 72.8 Å². The summed E-state index contributed by atoms with van der Waals surface area (Å²) in [6, 6.07) is 22.7. The number of benzene rings is 3. The van der Waals surface area contributed by atoms with Crippen molar-refractivity contribution in [1.29, 1.82) is 0 Å². The largest absolute Gasteiger partial charge is 0.352 e. The number of amides is 2. The highest BCUT2D eigenvalue weighted by Gasteiger charge is 2.30. The summed E-state index contributed by atoms with van der Waals surface area (Å²) in [5.74, 6) is -0.237. The van der Waals surface area contributed by atoms with Gasteiger partial charge < -0.3 is 10.2 Å². The molecule has 2 atom stereocenters. The highest BCUT2D eigenvalue weighted by atomic mass is 35.5. The minimum Gasteiger partial charge on any atom is -0.352 e. The quantitative estimate of drug-likeness (QED) is 0.300. The summed E-state index contributed by atoms with van der Waals surface area (Å²) in [5.41, 5.74) is 4.08. The summed E-state index contributed by atoms with van der Waals surface area (Å²) in [4.78, 5) is 28.9. The van der Waals surface area contributed by atoms with Gasteiger partial charge >= 0.3 is 0 Å². The maximum absolute atomic E-state index is 13.7. The number of carbonyl (C=O) groups is 2. The Morgan fingerprint density at radius 2 is 1.56 bits per heavy atom. The van der Waals surface area contributed by atoms with E-state index < -0.39 is 6.04 Å². The second-order valence-electron chi connectivity index (χ2n) is 9.28. The molecule has 0 saturated heterocycles. The van der Waals surface area contributed by atoms with Crippen molar-refractivity contribution in [2.24, 2.45) is 0 Å². The first-order chi connectivity index (χ1) is 17.3. The summed E-state index contributed by atoms with van der Waals surface area (Å²) >= 11 is 12.4. The van der Waals surface area contributed by atoms with Gasteiger partial charge in [0.15, 0.2) is 0 Å². The van der Waals surface area contributed by atoms with E-state index in [0.29, 0.717) is 29.3 Å². The van der Waals surface area contributed by atoms with E-state index in [0.717, 1.165) is 23.1 Å². The molecular weight excluding hydrogens is 491 g/mol. The van der Waals surface area contributed by atoms with Crippen LogP contribution < -0.4 is 5.32 Å². The maximum atomic E-state index is 13.7. The average molecular weight is 526 g/mol. The van der Waals surface area contributed by atoms with Gasteiger partial charge in [0.1, 0.15) is 6.04 Å². The van der Waals surface area contributed by atoms with Crippen LogP contribution in [0.5, 0.6) is 0 Å². The molecule has 190 valence electrons. The van der Waals surface area contributed by atoms with Crippen molar-refractivity contribution < 1.29 is 9.59 Å². The fourth-order valence-electron chi connectivity index (χ4n) is 3.98. The third kappa shape index (κ3) is 8.11. The fourth-order valence-corrected chi connectivity index (χ4v) is 4.30. The topological polar surface area (TPSA) is 49.4 Å². The molecule has 2 amide bonds. The SMILES string of the molecule is CC[C@H](C)NC(=O)[C@@H](Cc1ccccc1)N(Cc1ccc(Cl)c(Cl)c1)C(=O)CCc1ccc(C)cc1. The molecule has 0 aliphatic carbocycles. The van der Waals surface area contributed by atoms with Crippen LogP contribution in [0, 0.1) is 6.92 Å². The van der Waals surface area contributed by atoms with Crippen LogP contribution in [-0.4, -0.2) is 28.8 Å². The first-order valence-electron chi connectivity index (χ1n) is 12.4. The van der Waals surface area contributed by atoms with Crippen molar-refractivity contribution >= 4 is 35.0 Å². The second kappa shape index (κ2) is 13.5. The van der Waals surface area contributed by atoms with Crippen molar-refractivity contribution in [2.45, 2.75) is 65.1 Å². The Kier molecular flexibility index (Phi) is 10.4. The molecule has 0 unspecified atom stereocenters. The van der Waals surface area contributed by atoms with E-state index >= 15 is 0 Å². The standard InChI is InChI=1S/C30H34Cl2N2O2/c1-4-22(3)33-30(36)28(19-24-8-6-5-7-9-24)34(20-25-14-16-26(31)27(32)18-25)29(35)17-15-23-12-10-21(2)11-13-23/h5-14,16,18,22,28H,4,15,17,19-20H2,1-3H3,(H,33,36)/t22-,28+/m0/s1. The number of rotatable bonds is 11. The van der Waals surface area contributed by atoms with Crippen molar-refractivity contribution in [3.63, 3.8) is 0 Å². The van der Waals surface area contributed by atoms with E-state index in [1.54, 1.807) is 17.0 Å². The Morgan fingerprint density at radius 1 is 0.889 bits per heavy atom. The summed E-state index contributed by atoms with van der Waals surface area (Å²) in [5, 5.41) is 3.96. The lowest BCUT2D eigenvalue weighted by Gasteiger charge is -2.32. The first kappa shape index (κ1) is 27.8. The fraction of sp³-hybridized carbons (Fsp3) is 0.333. The number of hydrogen-bond donors (Lipinski definition) is 1. The van der Waals surface area contributed by atoms with E-state index in [9.17, 15) is 9.59 Å². The molecule has 1 N–H and O–H groups in total. The van der Waals surface area contributed by atoms with Gasteiger partial charge in [-0.2, -0.15) is 0 Å². The van der Waals surface area contributed by atoms with E-state index in [4.69, 9.17) is 23.2 Å². The Morgan fingerprint density at radius 3 is 2.19 bits per heavy atom. The van der Waals surface area contributed by atoms with Crippen LogP contribution in [0.1, 0.15) is 48.9 Å². The molecule has 0 bridgehead atoms. The summed E-state index contributed by atoms with van der Waals surface area (Å²) in [6.07, 6.45) is 2.12. The predicted molar refractivity (Wildman–Crippen MR) is 148 cm³/mol. The molecule has 0 radical (unpaired) electrons. The molecule has 4 nitrogen and oxygen atoms in total. The lowest BCUT2D eigenvalue weighted by molar-refractivity contribution is -0.141.